The summed E-state index contributed by atoms with van der Waals surface area (Å²) in [5.74, 6) is 0.567. The number of hydrogen-bond acceptors (Lipinski definition) is 5. The summed E-state index contributed by atoms with van der Waals surface area (Å²) in [6.07, 6.45) is 0. The predicted octanol–water partition coefficient (Wildman–Crippen LogP) is 1.84. The lowest BCUT2D eigenvalue weighted by atomic mass is 10.2. The van der Waals surface area contributed by atoms with E-state index in [9.17, 15) is 0 Å². The molecule has 0 amide bonds. The monoisotopic (exact) mass is 218 g/mol. The number of hydrogen-bond donors (Lipinski definition) is 2. The molecule has 0 radical (unpaired) electrons. The number of aryl methyl sites for hydroxylation is 1. The second-order valence-corrected chi connectivity index (χ2v) is 3.52. The number of nitrogens with zero attached hydrogens (tertiary/aromatic N) is 2. The third kappa shape index (κ3) is 2.58. The average molecular weight is 218 g/mol. The lowest BCUT2D eigenvalue weighted by Gasteiger charge is -2.00. The molecule has 0 fully saturated rings. The Balaban J connectivity index is 2.05. The van der Waals surface area contributed by atoms with Crippen LogP contribution in [0.2, 0.25) is 0 Å². The fraction of sp³-hybridized carbons (Fsp3) is 0.273. The lowest BCUT2D eigenvalue weighted by molar-refractivity contribution is 0.493. The molecular formula is C11H14N4O. The molecule has 16 heavy (non-hydrogen) atoms. The van der Waals surface area contributed by atoms with E-state index in [0.29, 0.717) is 18.5 Å². The highest BCUT2D eigenvalue weighted by molar-refractivity contribution is 5.52. The molecule has 0 spiro atoms. The summed E-state index contributed by atoms with van der Waals surface area (Å²) in [7, 11) is 1.83. The molecule has 0 unspecified atom stereocenters. The zero-order valence-corrected chi connectivity index (χ0v) is 9.32. The van der Waals surface area contributed by atoms with E-state index >= 15 is 0 Å². The Kier molecular flexibility index (Phi) is 3.16. The Labute approximate surface area is 93.9 Å². The SMILES string of the molecule is CNCc1nnc(Nc2ccc(C)cc2)o1. The van der Waals surface area contributed by atoms with Crippen LogP contribution in [0.25, 0.3) is 0 Å². The molecule has 2 rings (SSSR count). The van der Waals surface area contributed by atoms with Crippen molar-refractivity contribution in [3.8, 4) is 0 Å². The van der Waals surface area contributed by atoms with Gasteiger partial charge >= 0.3 is 6.01 Å². The normalized spacial score (nSPS) is 10.4. The van der Waals surface area contributed by atoms with Crippen LogP contribution in [-0.4, -0.2) is 17.2 Å². The molecule has 2 N–H and O–H groups in total. The second kappa shape index (κ2) is 4.76. The average Bonchev–Trinajstić information content (AvgIpc) is 2.70. The summed E-state index contributed by atoms with van der Waals surface area (Å²) in [6, 6.07) is 8.39. The fourth-order valence-electron chi connectivity index (χ4n) is 1.29. The van der Waals surface area contributed by atoms with Gasteiger partial charge in [-0.05, 0) is 26.1 Å². The van der Waals surface area contributed by atoms with Crippen molar-refractivity contribution < 1.29 is 4.42 Å². The first kappa shape index (κ1) is 10.6. The molecule has 0 aliphatic carbocycles. The van der Waals surface area contributed by atoms with Crippen LogP contribution in [0.3, 0.4) is 0 Å². The number of nitrogens with one attached hydrogen (secondary N) is 2. The zero-order chi connectivity index (χ0) is 11.4. The molecular weight excluding hydrogens is 204 g/mol. The molecule has 0 atom stereocenters. The Bertz CT molecular complexity index is 449. The Morgan fingerprint density at radius 1 is 1.19 bits per heavy atom. The molecule has 0 aliphatic rings. The van der Waals surface area contributed by atoms with Gasteiger partial charge in [-0.25, -0.2) is 0 Å². The minimum absolute atomic E-state index is 0.411. The zero-order valence-electron chi connectivity index (χ0n) is 9.32. The van der Waals surface area contributed by atoms with Gasteiger partial charge in [0.05, 0.1) is 6.54 Å². The molecule has 1 aromatic heterocycles. The number of benzene rings is 1. The van der Waals surface area contributed by atoms with Gasteiger partial charge in [-0.3, -0.25) is 0 Å². The highest BCUT2D eigenvalue weighted by Crippen LogP contribution is 2.15. The van der Waals surface area contributed by atoms with E-state index in [1.807, 2.05) is 38.2 Å². The number of anilines is 2. The minimum atomic E-state index is 0.411. The highest BCUT2D eigenvalue weighted by Gasteiger charge is 2.04. The smallest absolute Gasteiger partial charge is 0.320 e. The number of aromatic nitrogens is 2. The van der Waals surface area contributed by atoms with E-state index in [1.54, 1.807) is 0 Å². The Morgan fingerprint density at radius 2 is 1.94 bits per heavy atom. The highest BCUT2D eigenvalue weighted by atomic mass is 16.4. The quantitative estimate of drug-likeness (QED) is 0.819. The van der Waals surface area contributed by atoms with Crippen molar-refractivity contribution in [2.45, 2.75) is 13.5 Å². The maximum Gasteiger partial charge on any atom is 0.320 e. The van der Waals surface area contributed by atoms with Crippen LogP contribution in [-0.2, 0) is 6.54 Å². The van der Waals surface area contributed by atoms with Crippen LogP contribution in [0, 0.1) is 6.92 Å². The van der Waals surface area contributed by atoms with Crippen molar-refractivity contribution in [2.24, 2.45) is 0 Å². The summed E-state index contributed by atoms with van der Waals surface area (Å²) >= 11 is 0. The van der Waals surface area contributed by atoms with Crippen LogP contribution in [0.4, 0.5) is 11.7 Å². The summed E-state index contributed by atoms with van der Waals surface area (Å²) in [6.45, 7) is 2.62. The van der Waals surface area contributed by atoms with E-state index < -0.39 is 0 Å². The third-order valence-corrected chi connectivity index (χ3v) is 2.10. The first-order valence-electron chi connectivity index (χ1n) is 5.08. The van der Waals surface area contributed by atoms with Crippen LogP contribution in [0.1, 0.15) is 11.5 Å². The summed E-state index contributed by atoms with van der Waals surface area (Å²) in [4.78, 5) is 0. The largest absolute Gasteiger partial charge is 0.406 e. The van der Waals surface area contributed by atoms with E-state index in [4.69, 9.17) is 4.42 Å². The fourth-order valence-corrected chi connectivity index (χ4v) is 1.29. The molecule has 0 aliphatic heterocycles. The van der Waals surface area contributed by atoms with Crippen LogP contribution in [0.5, 0.6) is 0 Å². The molecule has 2 aromatic rings. The van der Waals surface area contributed by atoms with E-state index in [1.165, 1.54) is 5.56 Å². The van der Waals surface area contributed by atoms with Crippen molar-refractivity contribution in [1.82, 2.24) is 15.5 Å². The summed E-state index contributed by atoms with van der Waals surface area (Å²) in [5, 5.41) is 13.7. The molecule has 1 aromatic carbocycles. The van der Waals surface area contributed by atoms with E-state index in [-0.39, 0.29) is 0 Å². The summed E-state index contributed by atoms with van der Waals surface area (Å²) in [5.41, 5.74) is 2.15. The van der Waals surface area contributed by atoms with E-state index in [2.05, 4.69) is 20.8 Å². The topological polar surface area (TPSA) is 63.0 Å². The molecule has 1 heterocycles. The Morgan fingerprint density at radius 3 is 2.62 bits per heavy atom. The second-order valence-electron chi connectivity index (χ2n) is 3.52. The van der Waals surface area contributed by atoms with Gasteiger partial charge < -0.3 is 15.1 Å². The van der Waals surface area contributed by atoms with Crippen molar-refractivity contribution >= 4 is 11.7 Å². The predicted molar refractivity (Wildman–Crippen MR) is 61.5 cm³/mol. The van der Waals surface area contributed by atoms with Gasteiger partial charge in [0.2, 0.25) is 5.89 Å². The van der Waals surface area contributed by atoms with E-state index in [0.717, 1.165) is 5.69 Å². The van der Waals surface area contributed by atoms with Gasteiger partial charge in [0.25, 0.3) is 0 Å². The third-order valence-electron chi connectivity index (χ3n) is 2.10. The molecule has 0 saturated carbocycles. The first-order valence-corrected chi connectivity index (χ1v) is 5.08. The van der Waals surface area contributed by atoms with Crippen molar-refractivity contribution in [3.63, 3.8) is 0 Å². The van der Waals surface area contributed by atoms with Gasteiger partial charge in [-0.15, -0.1) is 5.10 Å². The van der Waals surface area contributed by atoms with Crippen molar-refractivity contribution in [1.29, 1.82) is 0 Å². The first-order chi connectivity index (χ1) is 7.78. The Hall–Kier alpha value is -1.88. The van der Waals surface area contributed by atoms with Gasteiger partial charge in [0, 0.05) is 5.69 Å². The molecule has 0 saturated heterocycles. The van der Waals surface area contributed by atoms with Crippen molar-refractivity contribution in [3.05, 3.63) is 35.7 Å². The number of rotatable bonds is 4. The molecule has 5 heteroatoms. The van der Waals surface area contributed by atoms with Gasteiger partial charge in [-0.2, -0.15) is 0 Å². The maximum atomic E-state index is 5.36. The van der Waals surface area contributed by atoms with Crippen molar-refractivity contribution in [2.75, 3.05) is 12.4 Å². The van der Waals surface area contributed by atoms with Crippen LogP contribution >= 0.6 is 0 Å². The standard InChI is InChI=1S/C11H14N4O/c1-8-3-5-9(6-4-8)13-11-15-14-10(16-11)7-12-2/h3-6,12H,7H2,1-2H3,(H,13,15). The maximum absolute atomic E-state index is 5.36. The molecule has 84 valence electrons. The van der Waals surface area contributed by atoms with Gasteiger partial charge in [0.15, 0.2) is 0 Å². The van der Waals surface area contributed by atoms with Gasteiger partial charge in [-0.1, -0.05) is 22.8 Å². The minimum Gasteiger partial charge on any atom is -0.406 e. The lowest BCUT2D eigenvalue weighted by Crippen LogP contribution is -2.04. The molecule has 0 bridgehead atoms. The van der Waals surface area contributed by atoms with Gasteiger partial charge in [0.1, 0.15) is 0 Å². The van der Waals surface area contributed by atoms with Crippen LogP contribution in [0.15, 0.2) is 28.7 Å². The summed E-state index contributed by atoms with van der Waals surface area (Å²) < 4.78 is 5.36. The molecule has 5 nitrogen and oxygen atoms in total. The van der Waals surface area contributed by atoms with Crippen LogP contribution < -0.4 is 10.6 Å².